The predicted octanol–water partition coefficient (Wildman–Crippen LogP) is 3.99. The van der Waals surface area contributed by atoms with Gasteiger partial charge in [-0.2, -0.15) is 4.31 Å². The number of amides is 2. The first-order valence-electron chi connectivity index (χ1n) is 11.1. The van der Waals surface area contributed by atoms with Gasteiger partial charge in [-0.3, -0.25) is 9.59 Å². The maximum Gasteiger partial charge on any atom is 0.243 e. The van der Waals surface area contributed by atoms with Gasteiger partial charge in [0.05, 0.1) is 11.4 Å². The van der Waals surface area contributed by atoms with E-state index in [2.05, 4.69) is 5.32 Å². The molecule has 0 radical (unpaired) electrons. The molecule has 2 aromatic rings. The fraction of sp³-hybridized carbons (Fsp3) is 0.417. The van der Waals surface area contributed by atoms with Crippen molar-refractivity contribution in [3.8, 4) is 0 Å². The van der Waals surface area contributed by atoms with Crippen LogP contribution in [0, 0.1) is 12.8 Å². The van der Waals surface area contributed by atoms with Gasteiger partial charge in [0.1, 0.15) is 0 Å². The lowest BCUT2D eigenvalue weighted by Crippen LogP contribution is -2.42. The molecule has 33 heavy (non-hydrogen) atoms. The third-order valence-electron chi connectivity index (χ3n) is 6.57. The number of rotatable bonds is 6. The summed E-state index contributed by atoms with van der Waals surface area (Å²) >= 11 is 6.09. The molecule has 2 aliphatic rings. The second-order valence-corrected chi connectivity index (χ2v) is 11.4. The van der Waals surface area contributed by atoms with Crippen LogP contribution in [0.1, 0.15) is 37.3 Å². The first-order chi connectivity index (χ1) is 15.6. The van der Waals surface area contributed by atoms with E-state index in [1.165, 1.54) is 13.1 Å². The van der Waals surface area contributed by atoms with Crippen molar-refractivity contribution in [2.45, 2.75) is 50.5 Å². The maximum absolute atomic E-state index is 13.1. The van der Waals surface area contributed by atoms with E-state index < -0.39 is 15.9 Å². The first-order valence-corrected chi connectivity index (χ1v) is 12.9. The minimum Gasteiger partial charge on any atom is -0.325 e. The highest BCUT2D eigenvalue weighted by atomic mass is 35.5. The summed E-state index contributed by atoms with van der Waals surface area (Å²) in [4.78, 5) is 27.3. The van der Waals surface area contributed by atoms with E-state index >= 15 is 0 Å². The summed E-state index contributed by atoms with van der Waals surface area (Å²) < 4.78 is 27.3. The summed E-state index contributed by atoms with van der Waals surface area (Å²) in [5, 5.41) is 3.24. The molecule has 1 saturated carbocycles. The number of nitrogens with zero attached hydrogens (tertiary/aromatic N) is 2. The van der Waals surface area contributed by atoms with Gasteiger partial charge in [-0.1, -0.05) is 24.1 Å². The maximum atomic E-state index is 13.1. The zero-order valence-electron chi connectivity index (χ0n) is 19.0. The highest BCUT2D eigenvalue weighted by molar-refractivity contribution is 7.89. The topological polar surface area (TPSA) is 86.8 Å². The molecule has 1 aliphatic carbocycles. The Balaban J connectivity index is 1.49. The van der Waals surface area contributed by atoms with Gasteiger partial charge in [-0.05, 0) is 74.6 Å². The second-order valence-electron chi connectivity index (χ2n) is 8.90. The number of fused-ring (bicyclic) bond motifs is 1. The number of nitrogens with one attached hydrogen (secondary N) is 1. The number of hydrogen-bond donors (Lipinski definition) is 1. The van der Waals surface area contributed by atoms with Crippen LogP contribution in [0.3, 0.4) is 0 Å². The van der Waals surface area contributed by atoms with Crippen LogP contribution >= 0.6 is 11.6 Å². The summed E-state index contributed by atoms with van der Waals surface area (Å²) in [6.45, 7) is 3.43. The molecule has 2 aromatic carbocycles. The summed E-state index contributed by atoms with van der Waals surface area (Å²) in [5.41, 5.74) is 2.88. The molecule has 0 aromatic heterocycles. The molecular formula is C24H28ClN3O4S. The number of hydrogen-bond acceptors (Lipinski definition) is 4. The van der Waals surface area contributed by atoms with Crippen molar-refractivity contribution in [2.24, 2.45) is 5.92 Å². The molecule has 0 bridgehead atoms. The average Bonchev–Trinajstić information content (AvgIpc) is 3.04. The fourth-order valence-corrected chi connectivity index (χ4v) is 5.71. The zero-order valence-corrected chi connectivity index (χ0v) is 20.5. The zero-order chi connectivity index (χ0) is 23.9. The second kappa shape index (κ2) is 9.08. The van der Waals surface area contributed by atoms with Gasteiger partial charge in [0, 0.05) is 35.4 Å². The smallest absolute Gasteiger partial charge is 0.243 e. The molecule has 0 spiro atoms. The van der Waals surface area contributed by atoms with Crippen LogP contribution in [-0.2, 0) is 26.0 Å². The number of benzene rings is 2. The molecule has 1 atom stereocenters. The highest BCUT2D eigenvalue weighted by Crippen LogP contribution is 2.38. The van der Waals surface area contributed by atoms with E-state index in [1.807, 2.05) is 11.8 Å². The van der Waals surface area contributed by atoms with Gasteiger partial charge in [-0.15, -0.1) is 0 Å². The van der Waals surface area contributed by atoms with Crippen molar-refractivity contribution >= 4 is 44.8 Å². The van der Waals surface area contributed by atoms with Crippen molar-refractivity contribution in [3.63, 3.8) is 0 Å². The van der Waals surface area contributed by atoms with E-state index in [0.29, 0.717) is 22.7 Å². The van der Waals surface area contributed by atoms with Crippen molar-refractivity contribution in [1.82, 2.24) is 4.31 Å². The Morgan fingerprint density at radius 1 is 1.21 bits per heavy atom. The molecule has 1 heterocycles. The molecule has 1 aliphatic heterocycles. The Hall–Kier alpha value is -2.42. The van der Waals surface area contributed by atoms with E-state index in [4.69, 9.17) is 11.6 Å². The van der Waals surface area contributed by atoms with Crippen molar-refractivity contribution in [2.75, 3.05) is 23.8 Å². The number of carbonyl (C=O) groups is 2. The van der Waals surface area contributed by atoms with Crippen LogP contribution in [0.15, 0.2) is 41.3 Å². The van der Waals surface area contributed by atoms with E-state index in [-0.39, 0.29) is 29.3 Å². The van der Waals surface area contributed by atoms with Crippen molar-refractivity contribution < 1.29 is 18.0 Å². The largest absolute Gasteiger partial charge is 0.325 e. The van der Waals surface area contributed by atoms with Crippen LogP contribution in [0.5, 0.6) is 0 Å². The Morgan fingerprint density at radius 2 is 1.94 bits per heavy atom. The monoisotopic (exact) mass is 489 g/mol. The average molecular weight is 490 g/mol. The molecule has 4 rings (SSSR count). The molecule has 1 unspecified atom stereocenters. The van der Waals surface area contributed by atoms with Gasteiger partial charge in [0.15, 0.2) is 0 Å². The van der Waals surface area contributed by atoms with Crippen LogP contribution in [0.4, 0.5) is 11.4 Å². The Labute approximate surface area is 199 Å². The SMILES string of the molecule is Cc1c(Cl)cccc1NC(=O)CN(C)S(=O)(=O)c1ccc2c(c1)CC(C)N2C(=O)C1CCC1. The number of carbonyl (C=O) groups excluding carboxylic acids is 2. The molecule has 7 nitrogen and oxygen atoms in total. The standard InChI is InChI=1S/C24H28ClN3O4S/c1-15-12-18-13-19(10-11-22(18)28(15)24(30)17-6-4-7-17)33(31,32)27(3)14-23(29)26-21-9-5-8-20(25)16(21)2/h5,8-11,13,15,17H,4,6-7,12,14H2,1-3H3,(H,26,29). The quantitative estimate of drug-likeness (QED) is 0.664. The summed E-state index contributed by atoms with van der Waals surface area (Å²) in [7, 11) is -2.51. The molecule has 1 fully saturated rings. The Morgan fingerprint density at radius 3 is 2.61 bits per heavy atom. The third-order valence-corrected chi connectivity index (χ3v) is 8.78. The van der Waals surface area contributed by atoms with Gasteiger partial charge in [-0.25, -0.2) is 8.42 Å². The van der Waals surface area contributed by atoms with Crippen LogP contribution in [0.2, 0.25) is 5.02 Å². The van der Waals surface area contributed by atoms with E-state index in [1.54, 1.807) is 37.3 Å². The molecular weight excluding hydrogens is 462 g/mol. The van der Waals surface area contributed by atoms with Crippen molar-refractivity contribution in [3.05, 3.63) is 52.5 Å². The van der Waals surface area contributed by atoms with E-state index in [9.17, 15) is 18.0 Å². The number of sulfonamides is 1. The van der Waals surface area contributed by atoms with Gasteiger partial charge in [0.25, 0.3) is 0 Å². The normalized spacial score (nSPS) is 18.2. The third kappa shape index (κ3) is 4.52. The minimum absolute atomic E-state index is 0.00417. The van der Waals surface area contributed by atoms with Crippen LogP contribution in [-0.4, -0.2) is 44.2 Å². The Bertz CT molecular complexity index is 1210. The summed E-state index contributed by atoms with van der Waals surface area (Å²) in [6, 6.07) is 10.0. The van der Waals surface area contributed by atoms with Gasteiger partial charge in [0.2, 0.25) is 21.8 Å². The molecule has 1 N–H and O–H groups in total. The fourth-order valence-electron chi connectivity index (χ4n) is 4.36. The lowest BCUT2D eigenvalue weighted by molar-refractivity contribution is -0.125. The number of halogens is 1. The minimum atomic E-state index is -3.89. The lowest BCUT2D eigenvalue weighted by atomic mass is 9.84. The molecule has 9 heteroatoms. The van der Waals surface area contributed by atoms with Crippen LogP contribution < -0.4 is 10.2 Å². The summed E-state index contributed by atoms with van der Waals surface area (Å²) in [5.74, 6) is -0.249. The van der Waals surface area contributed by atoms with Gasteiger partial charge < -0.3 is 10.2 Å². The first kappa shape index (κ1) is 23.7. The number of anilines is 2. The lowest BCUT2D eigenvalue weighted by Gasteiger charge is -2.32. The van der Waals surface area contributed by atoms with Crippen molar-refractivity contribution in [1.29, 1.82) is 0 Å². The number of likely N-dealkylation sites (N-methyl/N-ethyl adjacent to an activating group) is 1. The molecule has 0 saturated heterocycles. The highest BCUT2D eigenvalue weighted by Gasteiger charge is 2.37. The summed E-state index contributed by atoms with van der Waals surface area (Å²) in [6.07, 6.45) is 3.53. The van der Waals surface area contributed by atoms with Crippen LogP contribution in [0.25, 0.3) is 0 Å². The molecule has 176 valence electrons. The predicted molar refractivity (Wildman–Crippen MR) is 129 cm³/mol. The Kier molecular flexibility index (Phi) is 6.53. The molecule has 2 amide bonds. The van der Waals surface area contributed by atoms with Gasteiger partial charge >= 0.3 is 0 Å². The van der Waals surface area contributed by atoms with E-state index in [0.717, 1.165) is 34.8 Å².